The maximum Gasteiger partial charge on any atom is 0.305 e. The van der Waals surface area contributed by atoms with Gasteiger partial charge in [0.15, 0.2) is 0 Å². The first-order valence-electron chi connectivity index (χ1n) is 7.64. The highest BCUT2D eigenvalue weighted by molar-refractivity contribution is 5.69. The van der Waals surface area contributed by atoms with Gasteiger partial charge in [-0.15, -0.1) is 0 Å². The number of hydrogen-bond acceptors (Lipinski definition) is 3. The van der Waals surface area contributed by atoms with Gasteiger partial charge >= 0.3 is 5.97 Å². The number of nitrogens with zero attached hydrogens (tertiary/aromatic N) is 1. The number of carbonyl (C=O) groups is 1. The van der Waals surface area contributed by atoms with Crippen molar-refractivity contribution in [2.24, 2.45) is 5.92 Å². The average molecular weight is 255 g/mol. The number of piperidine rings is 1. The van der Waals surface area contributed by atoms with Gasteiger partial charge < -0.3 is 9.64 Å². The van der Waals surface area contributed by atoms with Crippen molar-refractivity contribution in [1.29, 1.82) is 0 Å². The molecule has 0 aromatic carbocycles. The summed E-state index contributed by atoms with van der Waals surface area (Å²) in [7, 11) is 0. The van der Waals surface area contributed by atoms with Gasteiger partial charge in [-0.2, -0.15) is 0 Å². The molecule has 18 heavy (non-hydrogen) atoms. The van der Waals surface area contributed by atoms with Crippen LogP contribution in [0.4, 0.5) is 0 Å². The molecule has 1 heterocycles. The number of hydrogen-bond donors (Lipinski definition) is 0. The van der Waals surface area contributed by atoms with E-state index >= 15 is 0 Å². The Labute approximate surface area is 112 Å². The molecular weight excluding hydrogens is 226 g/mol. The number of esters is 1. The highest BCUT2D eigenvalue weighted by Gasteiger charge is 2.16. The summed E-state index contributed by atoms with van der Waals surface area (Å²) in [4.78, 5) is 13.7. The number of ether oxygens (including phenoxy) is 1. The lowest BCUT2D eigenvalue weighted by atomic mass is 9.94. The molecule has 0 amide bonds. The van der Waals surface area contributed by atoms with Crippen molar-refractivity contribution in [1.82, 2.24) is 4.90 Å². The highest BCUT2D eigenvalue weighted by Crippen LogP contribution is 2.20. The van der Waals surface area contributed by atoms with Gasteiger partial charge in [-0.3, -0.25) is 4.79 Å². The van der Waals surface area contributed by atoms with Gasteiger partial charge in [0.05, 0.1) is 6.61 Å². The van der Waals surface area contributed by atoms with Crippen molar-refractivity contribution in [3.05, 3.63) is 0 Å². The van der Waals surface area contributed by atoms with Crippen LogP contribution in [-0.4, -0.2) is 37.1 Å². The van der Waals surface area contributed by atoms with E-state index in [1.807, 2.05) is 6.92 Å². The SMILES string of the molecule is CCOC(=O)CCCCCN1CCC(CC)CC1. The molecule has 0 aromatic rings. The fraction of sp³-hybridized carbons (Fsp3) is 0.933. The molecular formula is C15H29NO2. The fourth-order valence-corrected chi connectivity index (χ4v) is 2.63. The second kappa shape index (κ2) is 9.37. The molecule has 0 aromatic heterocycles. The number of likely N-dealkylation sites (tertiary alicyclic amines) is 1. The summed E-state index contributed by atoms with van der Waals surface area (Å²) in [6.45, 7) is 8.42. The smallest absolute Gasteiger partial charge is 0.305 e. The van der Waals surface area contributed by atoms with Crippen molar-refractivity contribution in [2.45, 2.75) is 58.8 Å². The van der Waals surface area contributed by atoms with Gasteiger partial charge in [0.1, 0.15) is 0 Å². The summed E-state index contributed by atoms with van der Waals surface area (Å²) in [5, 5.41) is 0. The second-order valence-electron chi connectivity index (χ2n) is 5.31. The lowest BCUT2D eigenvalue weighted by molar-refractivity contribution is -0.143. The van der Waals surface area contributed by atoms with E-state index in [2.05, 4.69) is 11.8 Å². The van der Waals surface area contributed by atoms with Crippen LogP contribution >= 0.6 is 0 Å². The number of unbranched alkanes of at least 4 members (excludes halogenated alkanes) is 2. The molecule has 1 fully saturated rings. The molecule has 0 atom stereocenters. The average Bonchev–Trinajstić information content (AvgIpc) is 2.39. The summed E-state index contributed by atoms with van der Waals surface area (Å²) >= 11 is 0. The lowest BCUT2D eigenvalue weighted by Crippen LogP contribution is -2.34. The number of carbonyl (C=O) groups excluding carboxylic acids is 1. The van der Waals surface area contributed by atoms with Crippen LogP contribution in [0.15, 0.2) is 0 Å². The molecule has 0 saturated carbocycles. The summed E-state index contributed by atoms with van der Waals surface area (Å²) in [6, 6.07) is 0. The van der Waals surface area contributed by atoms with E-state index in [0.29, 0.717) is 13.0 Å². The molecule has 0 aliphatic carbocycles. The molecule has 1 saturated heterocycles. The molecule has 1 aliphatic rings. The first kappa shape index (κ1) is 15.5. The zero-order valence-corrected chi connectivity index (χ0v) is 12.1. The summed E-state index contributed by atoms with van der Waals surface area (Å²) in [5.41, 5.74) is 0. The highest BCUT2D eigenvalue weighted by atomic mass is 16.5. The van der Waals surface area contributed by atoms with Crippen LogP contribution in [0, 0.1) is 5.92 Å². The van der Waals surface area contributed by atoms with E-state index in [1.165, 1.54) is 45.3 Å². The van der Waals surface area contributed by atoms with E-state index in [-0.39, 0.29) is 5.97 Å². The normalized spacial score (nSPS) is 17.9. The van der Waals surface area contributed by atoms with Crippen molar-refractivity contribution in [3.63, 3.8) is 0 Å². The Balaban J connectivity index is 1.94. The summed E-state index contributed by atoms with van der Waals surface area (Å²) < 4.78 is 4.91. The molecule has 0 radical (unpaired) electrons. The summed E-state index contributed by atoms with van der Waals surface area (Å²) in [6.07, 6.45) is 8.02. The molecule has 0 bridgehead atoms. The minimum atomic E-state index is -0.0405. The molecule has 3 nitrogen and oxygen atoms in total. The van der Waals surface area contributed by atoms with E-state index in [4.69, 9.17) is 4.74 Å². The largest absolute Gasteiger partial charge is 0.466 e. The first-order chi connectivity index (χ1) is 8.76. The van der Waals surface area contributed by atoms with Crippen molar-refractivity contribution in [2.75, 3.05) is 26.2 Å². The Morgan fingerprint density at radius 3 is 2.50 bits per heavy atom. The Morgan fingerprint density at radius 1 is 1.17 bits per heavy atom. The third-order valence-corrected chi connectivity index (χ3v) is 3.95. The van der Waals surface area contributed by atoms with E-state index in [0.717, 1.165) is 18.8 Å². The predicted molar refractivity (Wildman–Crippen MR) is 74.6 cm³/mol. The molecule has 0 unspecified atom stereocenters. The molecule has 106 valence electrons. The van der Waals surface area contributed by atoms with Crippen LogP contribution in [0.5, 0.6) is 0 Å². The van der Waals surface area contributed by atoms with Crippen molar-refractivity contribution < 1.29 is 9.53 Å². The molecule has 0 N–H and O–H groups in total. The minimum absolute atomic E-state index is 0.0405. The molecule has 3 heteroatoms. The Bertz CT molecular complexity index is 223. The molecule has 1 rings (SSSR count). The van der Waals surface area contributed by atoms with Crippen LogP contribution in [0.25, 0.3) is 0 Å². The minimum Gasteiger partial charge on any atom is -0.466 e. The van der Waals surface area contributed by atoms with E-state index < -0.39 is 0 Å². The maximum absolute atomic E-state index is 11.1. The third kappa shape index (κ3) is 6.39. The Kier molecular flexibility index (Phi) is 8.06. The standard InChI is InChI=1S/C15H29NO2/c1-3-14-9-12-16(13-10-14)11-7-5-6-8-15(17)18-4-2/h14H,3-13H2,1-2H3. The zero-order valence-electron chi connectivity index (χ0n) is 12.1. The quantitative estimate of drug-likeness (QED) is 0.492. The topological polar surface area (TPSA) is 29.5 Å². The van der Waals surface area contributed by atoms with Gasteiger partial charge in [-0.25, -0.2) is 0 Å². The second-order valence-corrected chi connectivity index (χ2v) is 5.31. The van der Waals surface area contributed by atoms with Crippen LogP contribution < -0.4 is 0 Å². The van der Waals surface area contributed by atoms with Crippen molar-refractivity contribution in [3.8, 4) is 0 Å². The van der Waals surface area contributed by atoms with E-state index in [9.17, 15) is 4.79 Å². The predicted octanol–water partition coefficient (Wildman–Crippen LogP) is 3.23. The van der Waals surface area contributed by atoms with Gasteiger partial charge in [0, 0.05) is 6.42 Å². The Morgan fingerprint density at radius 2 is 1.89 bits per heavy atom. The van der Waals surface area contributed by atoms with Gasteiger partial charge in [0.25, 0.3) is 0 Å². The monoisotopic (exact) mass is 255 g/mol. The maximum atomic E-state index is 11.1. The van der Waals surface area contributed by atoms with Crippen LogP contribution in [0.2, 0.25) is 0 Å². The van der Waals surface area contributed by atoms with Crippen molar-refractivity contribution >= 4 is 5.97 Å². The van der Waals surface area contributed by atoms with Crippen LogP contribution in [-0.2, 0) is 9.53 Å². The lowest BCUT2D eigenvalue weighted by Gasteiger charge is -2.31. The molecule has 0 spiro atoms. The fourth-order valence-electron chi connectivity index (χ4n) is 2.63. The van der Waals surface area contributed by atoms with Crippen LogP contribution in [0.3, 0.4) is 0 Å². The zero-order chi connectivity index (χ0) is 13.2. The first-order valence-corrected chi connectivity index (χ1v) is 7.64. The van der Waals surface area contributed by atoms with Gasteiger partial charge in [0.2, 0.25) is 0 Å². The summed E-state index contributed by atoms with van der Waals surface area (Å²) in [5.74, 6) is 0.923. The number of rotatable bonds is 8. The van der Waals surface area contributed by atoms with E-state index in [1.54, 1.807) is 0 Å². The van der Waals surface area contributed by atoms with Gasteiger partial charge in [-0.05, 0) is 58.2 Å². The third-order valence-electron chi connectivity index (χ3n) is 3.95. The molecule has 1 aliphatic heterocycles. The Hall–Kier alpha value is -0.570. The van der Waals surface area contributed by atoms with Gasteiger partial charge in [-0.1, -0.05) is 19.8 Å². The van der Waals surface area contributed by atoms with Crippen LogP contribution in [0.1, 0.15) is 58.8 Å².